The topological polar surface area (TPSA) is 9.23 Å². The molecule has 0 bridgehead atoms. The lowest BCUT2D eigenvalue weighted by Gasteiger charge is -2.23. The minimum absolute atomic E-state index is 0.0576. The number of aryl methyl sites for hydroxylation is 2. The largest absolute Gasteiger partial charge is 0.496 e. The van der Waals surface area contributed by atoms with Crippen LogP contribution in [0.4, 0.5) is 4.39 Å². The normalized spacial score (nSPS) is 12.1. The minimum Gasteiger partial charge on any atom is -0.496 e. The quantitative estimate of drug-likeness (QED) is 0.763. The second-order valence-electron chi connectivity index (χ2n) is 6.73. The van der Waals surface area contributed by atoms with E-state index in [0.717, 1.165) is 27.5 Å². The van der Waals surface area contributed by atoms with Gasteiger partial charge in [-0.3, -0.25) is 0 Å². The van der Waals surface area contributed by atoms with Gasteiger partial charge in [0.1, 0.15) is 11.6 Å². The highest BCUT2D eigenvalue weighted by Crippen LogP contribution is 2.30. The molecular weight excluding hydrogens is 294 g/mol. The average molecular weight is 318 g/mol. The molecule has 0 saturated carbocycles. The third-order valence-electron chi connectivity index (χ3n) is 3.74. The Bertz CT molecular complexity index is 687. The molecule has 0 aliphatic carbocycles. The van der Waals surface area contributed by atoms with Gasteiger partial charge in [0.05, 0.1) is 7.11 Å². The van der Waals surface area contributed by atoms with Crippen LogP contribution in [0, 0.1) is 19.7 Å². The first-order chi connectivity index (χ1) is 10.2. The molecule has 1 unspecified atom stereocenters. The number of rotatable bonds is 3. The molecule has 0 aliphatic heterocycles. The number of hydrogen-bond acceptors (Lipinski definition) is 1. The minimum atomic E-state index is -0.140. The summed E-state index contributed by atoms with van der Waals surface area (Å²) >= 11 is 0. The lowest BCUT2D eigenvalue weighted by molar-refractivity contribution is 0.414. The second kappa shape index (κ2) is 6.38. The summed E-state index contributed by atoms with van der Waals surface area (Å²) in [4.78, 5) is 0. The highest BCUT2D eigenvalue weighted by molar-refractivity contribution is 7.55. The molecule has 1 atom stereocenters. The Balaban J connectivity index is 2.51. The molecule has 2 rings (SSSR count). The van der Waals surface area contributed by atoms with Gasteiger partial charge in [0, 0.05) is 10.6 Å². The predicted molar refractivity (Wildman–Crippen MR) is 95.2 cm³/mol. The van der Waals surface area contributed by atoms with Crippen LogP contribution in [0.2, 0.25) is 0 Å². The maximum absolute atomic E-state index is 14.2. The van der Waals surface area contributed by atoms with Gasteiger partial charge in [0.2, 0.25) is 0 Å². The molecule has 2 aromatic rings. The maximum Gasteiger partial charge on any atom is 0.131 e. The maximum atomic E-state index is 14.2. The average Bonchev–Trinajstić information content (AvgIpc) is 2.40. The molecule has 118 valence electrons. The lowest BCUT2D eigenvalue weighted by atomic mass is 9.86. The summed E-state index contributed by atoms with van der Waals surface area (Å²) in [6.45, 7) is 10.5. The Morgan fingerprint density at radius 3 is 2.23 bits per heavy atom. The van der Waals surface area contributed by atoms with Crippen LogP contribution in [-0.4, -0.2) is 7.11 Å². The monoisotopic (exact) mass is 318 g/mol. The summed E-state index contributed by atoms with van der Waals surface area (Å²) < 4.78 is 19.7. The highest BCUT2D eigenvalue weighted by atomic mass is 31.1. The third kappa shape index (κ3) is 3.67. The predicted octanol–water partition coefficient (Wildman–Crippen LogP) is 4.38. The molecule has 0 heterocycles. The molecule has 0 N–H and O–H groups in total. The third-order valence-corrected chi connectivity index (χ3v) is 5.05. The van der Waals surface area contributed by atoms with Crippen LogP contribution in [0.25, 0.3) is 0 Å². The van der Waals surface area contributed by atoms with Crippen LogP contribution >= 0.6 is 8.58 Å². The molecule has 1 nitrogen and oxygen atoms in total. The first-order valence-electron chi connectivity index (χ1n) is 7.44. The molecule has 0 fully saturated rings. The highest BCUT2D eigenvalue weighted by Gasteiger charge is 2.18. The van der Waals surface area contributed by atoms with Crippen molar-refractivity contribution in [2.75, 3.05) is 7.11 Å². The van der Waals surface area contributed by atoms with Crippen LogP contribution in [0.5, 0.6) is 5.75 Å². The van der Waals surface area contributed by atoms with E-state index < -0.39 is 0 Å². The molecule has 0 radical (unpaired) electrons. The van der Waals surface area contributed by atoms with E-state index >= 15 is 0 Å². The zero-order valence-corrected chi connectivity index (χ0v) is 15.2. The van der Waals surface area contributed by atoms with Gasteiger partial charge in [-0.05, 0) is 48.1 Å². The summed E-state index contributed by atoms with van der Waals surface area (Å²) in [5.41, 5.74) is 3.35. The van der Waals surface area contributed by atoms with Crippen molar-refractivity contribution >= 4 is 19.2 Å². The van der Waals surface area contributed by atoms with E-state index in [9.17, 15) is 4.39 Å². The number of hydrogen-bond donors (Lipinski definition) is 0. The van der Waals surface area contributed by atoms with E-state index in [2.05, 4.69) is 32.9 Å². The molecule has 0 saturated heterocycles. The van der Waals surface area contributed by atoms with Crippen molar-refractivity contribution in [2.45, 2.75) is 40.0 Å². The smallest absolute Gasteiger partial charge is 0.131 e. The first kappa shape index (κ1) is 17.0. The standard InChI is InChI=1S/C19H24FOP/c1-12-7-8-16(15(20)9-12)22-17-11-14(19(3,4)5)10-13(2)18(17)21-6/h7-11,22H,1-6H3. The molecule has 2 aromatic carbocycles. The van der Waals surface area contributed by atoms with E-state index in [1.807, 2.05) is 26.0 Å². The molecule has 0 amide bonds. The van der Waals surface area contributed by atoms with E-state index in [1.165, 1.54) is 5.56 Å². The fourth-order valence-electron chi connectivity index (χ4n) is 2.44. The van der Waals surface area contributed by atoms with Gasteiger partial charge >= 0.3 is 0 Å². The summed E-state index contributed by atoms with van der Waals surface area (Å²) in [6.07, 6.45) is 0. The van der Waals surface area contributed by atoms with Crippen molar-refractivity contribution in [3.05, 3.63) is 52.8 Å². The van der Waals surface area contributed by atoms with Gasteiger partial charge in [0.25, 0.3) is 0 Å². The Labute approximate surface area is 134 Å². The zero-order valence-electron chi connectivity index (χ0n) is 14.2. The van der Waals surface area contributed by atoms with Gasteiger partial charge in [0.15, 0.2) is 0 Å². The van der Waals surface area contributed by atoms with Crippen LogP contribution in [0.1, 0.15) is 37.5 Å². The number of benzene rings is 2. The van der Waals surface area contributed by atoms with Gasteiger partial charge in [-0.1, -0.05) is 47.6 Å². The van der Waals surface area contributed by atoms with E-state index in [1.54, 1.807) is 13.2 Å². The summed E-state index contributed by atoms with van der Waals surface area (Å²) in [6, 6.07) is 9.75. The van der Waals surface area contributed by atoms with Crippen molar-refractivity contribution in [1.82, 2.24) is 0 Å². The van der Waals surface area contributed by atoms with Crippen LogP contribution in [-0.2, 0) is 5.41 Å². The van der Waals surface area contributed by atoms with Gasteiger partial charge < -0.3 is 4.74 Å². The Morgan fingerprint density at radius 2 is 1.68 bits per heavy atom. The van der Waals surface area contributed by atoms with Gasteiger partial charge in [-0.2, -0.15) is 0 Å². The first-order valence-corrected chi connectivity index (χ1v) is 8.44. The van der Waals surface area contributed by atoms with E-state index in [-0.39, 0.29) is 19.8 Å². The van der Waals surface area contributed by atoms with Crippen molar-refractivity contribution in [1.29, 1.82) is 0 Å². The van der Waals surface area contributed by atoms with Crippen LogP contribution in [0.15, 0.2) is 30.3 Å². The fraction of sp³-hybridized carbons (Fsp3) is 0.368. The molecular formula is C19H24FOP. The SMILES string of the molecule is COc1c(C)cc(C(C)(C)C)cc1Pc1ccc(C)cc1F. The van der Waals surface area contributed by atoms with E-state index in [0.29, 0.717) is 0 Å². The number of methoxy groups -OCH3 is 1. The molecule has 0 aliphatic rings. The van der Waals surface area contributed by atoms with Crippen molar-refractivity contribution in [2.24, 2.45) is 0 Å². The van der Waals surface area contributed by atoms with Gasteiger partial charge in [-0.15, -0.1) is 0 Å². The molecule has 3 heteroatoms. The number of ether oxygens (including phenoxy) is 1. The second-order valence-corrected chi connectivity index (χ2v) is 8.06. The van der Waals surface area contributed by atoms with Crippen LogP contribution < -0.4 is 15.3 Å². The zero-order chi connectivity index (χ0) is 16.5. The Hall–Kier alpha value is -1.40. The lowest BCUT2D eigenvalue weighted by Crippen LogP contribution is -2.17. The summed E-state index contributed by atoms with van der Waals surface area (Å²) in [7, 11) is 1.93. The fourth-order valence-corrected chi connectivity index (χ4v) is 3.73. The molecule has 0 aromatic heterocycles. The molecule has 0 spiro atoms. The molecule has 22 heavy (non-hydrogen) atoms. The van der Waals surface area contributed by atoms with Crippen LogP contribution in [0.3, 0.4) is 0 Å². The summed E-state index contributed by atoms with van der Waals surface area (Å²) in [5, 5.41) is 1.80. The summed E-state index contributed by atoms with van der Waals surface area (Å²) in [5.74, 6) is 0.727. The van der Waals surface area contributed by atoms with E-state index in [4.69, 9.17) is 4.74 Å². The van der Waals surface area contributed by atoms with Crippen molar-refractivity contribution < 1.29 is 9.13 Å². The van der Waals surface area contributed by atoms with Crippen molar-refractivity contribution in [3.8, 4) is 5.75 Å². The van der Waals surface area contributed by atoms with Crippen molar-refractivity contribution in [3.63, 3.8) is 0 Å². The number of halogens is 1. The Morgan fingerprint density at radius 1 is 1.00 bits per heavy atom. The van der Waals surface area contributed by atoms with Gasteiger partial charge in [-0.25, -0.2) is 4.39 Å². The Kier molecular flexibility index (Phi) is 4.92.